The summed E-state index contributed by atoms with van der Waals surface area (Å²) in [6, 6.07) is 2.68. The first kappa shape index (κ1) is 84.9. The third-order valence-corrected chi connectivity index (χ3v) is 25.2. The van der Waals surface area contributed by atoms with Crippen LogP contribution in [-0.4, -0.2) is 185 Å². The fourth-order valence-corrected chi connectivity index (χ4v) is 19.0. The Balaban J connectivity index is 0.000000531. The minimum Gasteiger partial charge on any atom is -0.682 e. The summed E-state index contributed by atoms with van der Waals surface area (Å²) in [5.74, 6) is -7.34. The molecule has 5 aromatic rings. The molecule has 18 N–H and O–H groups in total. The van der Waals surface area contributed by atoms with Gasteiger partial charge in [-0.25, -0.2) is 24.5 Å². The maximum atomic E-state index is 14.4. The molecule has 12 rings (SSSR count). The molecular formula is C74H101CoN18O17P. The smallest absolute Gasteiger partial charge is 0.682 e. The second kappa shape index (κ2) is 32.2. The Kier molecular flexibility index (Phi) is 24.6. The number of nitrogens with one attached hydrogen (secondary N) is 1. The molecule has 8 bridgehead atoms. The first-order valence-corrected chi connectivity index (χ1v) is 38.2. The number of nitrogens with zero attached hydrogens (tertiary/aromatic N) is 11. The van der Waals surface area contributed by atoms with Crippen LogP contribution in [0.1, 0.15) is 157 Å². The number of aliphatic hydroxyl groups excluding tert-OH is 4. The zero-order valence-corrected chi connectivity index (χ0v) is 65.8. The first-order valence-electron chi connectivity index (χ1n) is 36.7. The number of carbonyl (C=O) groups excluding carboxylic acids is 7. The summed E-state index contributed by atoms with van der Waals surface area (Å²) in [5.41, 5.74) is 38.6. The molecule has 19 unspecified atom stereocenters. The van der Waals surface area contributed by atoms with E-state index < -0.39 is 168 Å². The molecule has 1 radical (unpaired) electrons. The quantitative estimate of drug-likeness (QED) is 0.0264. The number of fused-ring (bicyclic) bond motifs is 10. The van der Waals surface area contributed by atoms with Gasteiger partial charge in [0.25, 0.3) is 0 Å². The molecule has 37 heteroatoms. The van der Waals surface area contributed by atoms with Gasteiger partial charge >= 0.3 is 24.6 Å². The number of aromatic nitrogens is 7. The number of aryl methyl sites for hydroxylation is 2. The molecule has 7 aliphatic heterocycles. The molecule has 35 nitrogen and oxygen atoms in total. The van der Waals surface area contributed by atoms with Crippen molar-refractivity contribution in [2.75, 3.05) is 13.2 Å². The fraction of sp³-hybridized carbons (Fsp3) is 0.581. The van der Waals surface area contributed by atoms with Crippen molar-refractivity contribution in [1.29, 1.82) is 0 Å². The van der Waals surface area contributed by atoms with Crippen LogP contribution >= 0.6 is 7.82 Å². The van der Waals surface area contributed by atoms with Crippen molar-refractivity contribution in [3.63, 3.8) is 0 Å². The number of aliphatic hydroxyl groups is 4. The number of phosphoric acid groups is 1. The van der Waals surface area contributed by atoms with Gasteiger partial charge in [-0.05, 0) is 125 Å². The topological polar surface area (TPSA) is 560 Å². The number of allylic oxidation sites excluding steroid dienone is 6. The molecule has 603 valence electrons. The minimum absolute atomic E-state index is 0. The number of hydrogen-bond acceptors (Lipinski definition) is 23. The average molecular weight is 1600 g/mol. The molecular weight excluding hydrogens is 1500 g/mol. The SMILES string of the molecule is CC1=C2N=C(/C=C3N=C(/C(C)=C4\[N-]C(C(CC(N)=O)C4(C)CCC(=O)NCC(C)OP(=O)(O)OC4C(CO)OC(n5cnc6cc(C)c(C)cc65)C4O)C4(C)N=C1C(CCC(N)=O)C4(C)CC(N)=O)C(CCC(N)=O)C\3(C)C)C(CCC(N)=O)C2(C)CC(N)=O.[CH2-]C1OC(n2cnc3c2ncn2ccnc32)C(O)C1O.[Co+2]. The van der Waals surface area contributed by atoms with E-state index in [4.69, 9.17) is 73.2 Å². The summed E-state index contributed by atoms with van der Waals surface area (Å²) in [5, 5.41) is 50.0. The van der Waals surface area contributed by atoms with Gasteiger partial charge in [-0.2, -0.15) is 5.70 Å². The fourth-order valence-electron chi connectivity index (χ4n) is 17.8. The normalized spacial score (nSPS) is 32.6. The summed E-state index contributed by atoms with van der Waals surface area (Å²) in [7, 11) is -5.07. The first-order chi connectivity index (χ1) is 51.5. The van der Waals surface area contributed by atoms with Gasteiger partial charge in [-0.15, -0.1) is 0 Å². The summed E-state index contributed by atoms with van der Waals surface area (Å²) in [6.45, 7) is 22.8. The summed E-state index contributed by atoms with van der Waals surface area (Å²) >= 11 is 0. The van der Waals surface area contributed by atoms with Gasteiger partial charge in [0, 0.05) is 121 Å². The Labute approximate surface area is 651 Å². The van der Waals surface area contributed by atoms with E-state index in [-0.39, 0.29) is 94.0 Å². The van der Waals surface area contributed by atoms with Crippen molar-refractivity contribution in [2.24, 2.45) is 94.7 Å². The number of aliphatic imine (C=N–C) groups is 3. The molecule has 0 aliphatic carbocycles. The number of benzene rings is 1. The van der Waals surface area contributed by atoms with E-state index >= 15 is 0 Å². The third-order valence-electron chi connectivity index (χ3n) is 24.1. The molecule has 11 heterocycles. The van der Waals surface area contributed by atoms with Gasteiger partial charge in [0.1, 0.15) is 30.7 Å². The van der Waals surface area contributed by atoms with Gasteiger partial charge in [0.05, 0.1) is 53.7 Å². The number of phosphoric ester groups is 1. The maximum Gasteiger partial charge on any atom is 2.00 e. The van der Waals surface area contributed by atoms with E-state index in [1.54, 1.807) is 39.2 Å². The van der Waals surface area contributed by atoms with Gasteiger partial charge in [0.15, 0.2) is 29.3 Å². The molecule has 0 saturated carbocycles. The van der Waals surface area contributed by atoms with Crippen LogP contribution in [0.3, 0.4) is 0 Å². The number of imidazole rings is 3. The monoisotopic (exact) mass is 1600 g/mol. The van der Waals surface area contributed by atoms with Crippen molar-refractivity contribution < 1.29 is 98.7 Å². The molecule has 7 aliphatic rings. The number of hydrogen-bond donors (Lipinski definition) is 12. The number of carbonyl (C=O) groups is 7. The molecule has 3 fully saturated rings. The molecule has 111 heavy (non-hydrogen) atoms. The Hall–Kier alpha value is -8.52. The van der Waals surface area contributed by atoms with E-state index in [1.807, 2.05) is 80.5 Å². The summed E-state index contributed by atoms with van der Waals surface area (Å²) in [6.07, 6.45) is -1.47. The third kappa shape index (κ3) is 16.0. The molecule has 7 amide bonds. The maximum absolute atomic E-state index is 14.4. The number of nitrogens with two attached hydrogens (primary N) is 6. The standard InChI is InChI=1S/C62H90N13O14P.C12H12N5O3.Co/c1-29-20-39-40(21-30(29)2)75(28-70-39)57-52(84)53(41(27-76)87-57)89-90(85,86)88-31(3)26-69-49(83)18-19-59(8)37(22-46(66)80)56-62(11)61(10,25-48(68)82)36(14-17-45(65)79)51(74-62)33(5)55-60(9,24-47(67)81)34(12-15-43(63)77)38(71-55)23-42-58(6,7)35(13-16-44(64)78)50(72-42)32(4)54(59)73-56;1-6-8(18)9(19)12(20-6)17-5-14-7-10-13-2-3-16(10)4-15-11(7)17;/h20-21,23,28,31,34-37,41,52-53,56-57,76,84H,12-19,22,24-27H2,1-11H3,(H15,63,64,65,66,67,68,69,71,72,73,74,77,78,79,80,81,82,83,85,86);2-6,8-9,12,18-19H,1H2;/q;-1;+2/p-1. The van der Waals surface area contributed by atoms with Crippen LogP contribution in [0.15, 0.2) is 92.8 Å². The Bertz CT molecular complexity index is 4780. The summed E-state index contributed by atoms with van der Waals surface area (Å²) < 4.78 is 41.1. The average Bonchev–Trinajstić information content (AvgIpc) is 1.53. The van der Waals surface area contributed by atoms with E-state index in [0.29, 0.717) is 73.2 Å². The van der Waals surface area contributed by atoms with Crippen LogP contribution in [-0.2, 0) is 73.4 Å². The Morgan fingerprint density at radius 2 is 1.33 bits per heavy atom. The molecule has 3 saturated heterocycles. The number of ether oxygens (including phenoxy) is 2. The molecule has 4 aromatic heterocycles. The number of amides is 7. The van der Waals surface area contributed by atoms with Crippen LogP contribution in [0, 0.1) is 66.1 Å². The van der Waals surface area contributed by atoms with Crippen molar-refractivity contribution >= 4 is 94.2 Å². The molecule has 19 atom stereocenters. The molecule has 1 aromatic carbocycles. The summed E-state index contributed by atoms with van der Waals surface area (Å²) in [4.78, 5) is 138. The van der Waals surface area contributed by atoms with Crippen LogP contribution in [0.25, 0.3) is 33.2 Å². The predicted molar refractivity (Wildman–Crippen MR) is 401 cm³/mol. The van der Waals surface area contributed by atoms with E-state index in [9.17, 15) is 63.4 Å². The van der Waals surface area contributed by atoms with E-state index in [0.717, 1.165) is 11.1 Å². The van der Waals surface area contributed by atoms with Crippen LogP contribution in [0.5, 0.6) is 0 Å². The van der Waals surface area contributed by atoms with Crippen molar-refractivity contribution in [1.82, 2.24) is 38.8 Å². The van der Waals surface area contributed by atoms with Crippen LogP contribution in [0.2, 0.25) is 0 Å². The second-order valence-electron chi connectivity index (χ2n) is 31.8. The Morgan fingerprint density at radius 1 is 0.712 bits per heavy atom. The Morgan fingerprint density at radius 3 is 1.95 bits per heavy atom. The van der Waals surface area contributed by atoms with Crippen LogP contribution < -0.4 is 39.7 Å². The van der Waals surface area contributed by atoms with Gasteiger partial charge in [0.2, 0.25) is 41.4 Å². The van der Waals surface area contributed by atoms with Gasteiger partial charge < -0.3 is 91.3 Å². The van der Waals surface area contributed by atoms with Crippen LogP contribution in [0.4, 0.5) is 0 Å². The zero-order chi connectivity index (χ0) is 80.6. The van der Waals surface area contributed by atoms with Crippen molar-refractivity contribution in [2.45, 2.75) is 214 Å². The molecule has 0 spiro atoms. The predicted octanol–water partition coefficient (Wildman–Crippen LogP) is 3.48. The van der Waals surface area contributed by atoms with E-state index in [2.05, 4.69) is 32.2 Å². The zero-order valence-electron chi connectivity index (χ0n) is 63.9. The minimum atomic E-state index is -5.07. The van der Waals surface area contributed by atoms with Crippen molar-refractivity contribution in [3.05, 3.63) is 101 Å². The van der Waals surface area contributed by atoms with E-state index in [1.165, 1.54) is 19.6 Å². The number of primary amides is 6. The number of rotatable bonds is 27. The van der Waals surface area contributed by atoms with Gasteiger partial charge in [-0.1, -0.05) is 40.7 Å². The van der Waals surface area contributed by atoms with Gasteiger partial charge in [-0.3, -0.25) is 66.6 Å². The second-order valence-corrected chi connectivity index (χ2v) is 33.1. The van der Waals surface area contributed by atoms with Crippen molar-refractivity contribution in [3.8, 4) is 0 Å². The largest absolute Gasteiger partial charge is 2.00 e.